The van der Waals surface area contributed by atoms with Crippen LogP contribution >= 0.6 is 0 Å². The average molecular weight is 192 g/mol. The van der Waals surface area contributed by atoms with Crippen molar-refractivity contribution in [3.8, 4) is 0 Å². The van der Waals surface area contributed by atoms with Crippen LogP contribution in [0.25, 0.3) is 11.0 Å². The van der Waals surface area contributed by atoms with Crippen molar-refractivity contribution < 1.29 is 19.4 Å². The van der Waals surface area contributed by atoms with Crippen molar-refractivity contribution in [2.24, 2.45) is 0 Å². The van der Waals surface area contributed by atoms with E-state index in [9.17, 15) is 4.79 Å². The Labute approximate surface area is 79.4 Å². The van der Waals surface area contributed by atoms with Crippen molar-refractivity contribution in [1.29, 1.82) is 0 Å². The summed E-state index contributed by atoms with van der Waals surface area (Å²) in [4.78, 5) is 10.9. The first-order chi connectivity index (χ1) is 6.74. The Hall–Kier alpha value is -1.81. The molecule has 4 nitrogen and oxygen atoms in total. The van der Waals surface area contributed by atoms with Crippen molar-refractivity contribution in [2.75, 3.05) is 0 Å². The van der Waals surface area contributed by atoms with Gasteiger partial charge in [0.15, 0.2) is 0 Å². The Morgan fingerprint density at radius 1 is 1.36 bits per heavy atom. The molecule has 0 aliphatic carbocycles. The Morgan fingerprint density at radius 3 is 2.71 bits per heavy atom. The number of fused-ring (bicyclic) bond motifs is 1. The molecule has 0 spiro atoms. The average Bonchev–Trinajstić information content (AvgIpc) is 2.55. The molecule has 1 heterocycles. The third kappa shape index (κ3) is 1.16. The molecule has 0 fully saturated rings. The Bertz CT molecular complexity index is 484. The monoisotopic (exact) mass is 192 g/mol. The maximum atomic E-state index is 10.9. The number of rotatable bonds is 2. The molecule has 0 amide bonds. The number of hydrogen-bond acceptors (Lipinski definition) is 3. The van der Waals surface area contributed by atoms with E-state index in [-0.39, 0.29) is 11.3 Å². The lowest BCUT2D eigenvalue weighted by molar-refractivity contribution is 0.0693. The first-order valence-electron chi connectivity index (χ1n) is 4.08. The summed E-state index contributed by atoms with van der Waals surface area (Å²) in [7, 11) is 0. The summed E-state index contributed by atoms with van der Waals surface area (Å²) < 4.78 is 5.18. The highest BCUT2D eigenvalue weighted by atomic mass is 16.4. The van der Waals surface area contributed by atoms with Gasteiger partial charge in [-0.25, -0.2) is 4.79 Å². The van der Waals surface area contributed by atoms with Gasteiger partial charge in [0.05, 0.1) is 0 Å². The quantitative estimate of drug-likeness (QED) is 0.758. The van der Waals surface area contributed by atoms with Crippen LogP contribution in [-0.4, -0.2) is 16.2 Å². The van der Waals surface area contributed by atoms with Gasteiger partial charge in [-0.15, -0.1) is 0 Å². The minimum Gasteiger partial charge on any atom is -0.478 e. The molecule has 2 N–H and O–H groups in total. The van der Waals surface area contributed by atoms with Crippen LogP contribution in [0.3, 0.4) is 0 Å². The van der Waals surface area contributed by atoms with E-state index in [4.69, 9.17) is 14.6 Å². The van der Waals surface area contributed by atoms with E-state index in [1.165, 1.54) is 0 Å². The molecular formula is C10H8O4. The highest BCUT2D eigenvalue weighted by Gasteiger charge is 2.18. The molecule has 2 rings (SSSR count). The summed E-state index contributed by atoms with van der Waals surface area (Å²) >= 11 is 0. The normalized spacial score (nSPS) is 10.6. The van der Waals surface area contributed by atoms with Gasteiger partial charge in [-0.05, 0) is 6.07 Å². The maximum Gasteiger partial charge on any atom is 0.340 e. The van der Waals surface area contributed by atoms with Gasteiger partial charge in [0.1, 0.15) is 23.5 Å². The predicted molar refractivity (Wildman–Crippen MR) is 49.1 cm³/mol. The van der Waals surface area contributed by atoms with Crippen LogP contribution in [0.2, 0.25) is 0 Å². The molecule has 4 heteroatoms. The zero-order valence-electron chi connectivity index (χ0n) is 7.23. The number of carboxylic acid groups (broad SMARTS) is 1. The zero-order chi connectivity index (χ0) is 10.1. The summed E-state index contributed by atoms with van der Waals surface area (Å²) in [6.45, 7) is -0.406. The van der Waals surface area contributed by atoms with Crippen molar-refractivity contribution in [3.63, 3.8) is 0 Å². The standard InChI is InChI=1S/C10H8O4/c11-5-8-9(10(12)13)6-3-1-2-4-7(6)14-8/h1-4,11H,5H2,(H,12,13). The molecule has 1 aromatic carbocycles. The van der Waals surface area contributed by atoms with Crippen molar-refractivity contribution in [3.05, 3.63) is 35.6 Å². The van der Waals surface area contributed by atoms with Gasteiger partial charge in [-0.1, -0.05) is 18.2 Å². The summed E-state index contributed by atoms with van der Waals surface area (Å²) in [6.07, 6.45) is 0. The van der Waals surface area contributed by atoms with Crippen LogP contribution in [0.1, 0.15) is 16.1 Å². The number of aliphatic hydroxyl groups is 1. The largest absolute Gasteiger partial charge is 0.478 e. The second-order valence-corrected chi connectivity index (χ2v) is 2.86. The number of aliphatic hydroxyl groups excluding tert-OH is 1. The van der Waals surface area contributed by atoms with Crippen LogP contribution in [0.5, 0.6) is 0 Å². The summed E-state index contributed by atoms with van der Waals surface area (Å²) in [5.74, 6) is -0.988. The molecule has 1 aromatic heterocycles. The van der Waals surface area contributed by atoms with E-state index >= 15 is 0 Å². The maximum absolute atomic E-state index is 10.9. The number of hydrogen-bond donors (Lipinski definition) is 2. The first-order valence-corrected chi connectivity index (χ1v) is 4.08. The number of carbonyl (C=O) groups is 1. The number of furan rings is 1. The van der Waals surface area contributed by atoms with E-state index in [1.807, 2.05) is 0 Å². The molecule has 0 aliphatic heterocycles. The van der Waals surface area contributed by atoms with Gasteiger partial charge in [0, 0.05) is 5.39 Å². The molecule has 0 saturated heterocycles. The molecule has 14 heavy (non-hydrogen) atoms. The fraction of sp³-hybridized carbons (Fsp3) is 0.100. The molecule has 0 aliphatic rings. The third-order valence-corrected chi connectivity index (χ3v) is 2.03. The predicted octanol–water partition coefficient (Wildman–Crippen LogP) is 1.62. The van der Waals surface area contributed by atoms with Crippen LogP contribution < -0.4 is 0 Å². The SMILES string of the molecule is O=C(O)c1c(CO)oc2ccccc12. The van der Waals surface area contributed by atoms with Crippen LogP contribution in [0.15, 0.2) is 28.7 Å². The zero-order valence-corrected chi connectivity index (χ0v) is 7.23. The fourth-order valence-corrected chi connectivity index (χ4v) is 1.44. The Morgan fingerprint density at radius 2 is 2.07 bits per heavy atom. The van der Waals surface area contributed by atoms with Gasteiger partial charge < -0.3 is 14.6 Å². The van der Waals surface area contributed by atoms with Crippen LogP contribution in [0, 0.1) is 0 Å². The van der Waals surface area contributed by atoms with Gasteiger partial charge in [0.25, 0.3) is 0 Å². The Kier molecular flexibility index (Phi) is 1.98. The molecule has 0 radical (unpaired) electrons. The number of carboxylic acids is 1. The molecule has 0 bridgehead atoms. The minimum atomic E-state index is -1.08. The molecular weight excluding hydrogens is 184 g/mol. The lowest BCUT2D eigenvalue weighted by Gasteiger charge is -1.91. The van der Waals surface area contributed by atoms with E-state index in [2.05, 4.69) is 0 Å². The Balaban J connectivity index is 2.81. The van der Waals surface area contributed by atoms with Crippen LogP contribution in [-0.2, 0) is 6.61 Å². The second-order valence-electron chi connectivity index (χ2n) is 2.86. The fourth-order valence-electron chi connectivity index (χ4n) is 1.44. The molecule has 0 unspecified atom stereocenters. The summed E-state index contributed by atoms with van der Waals surface area (Å²) in [6, 6.07) is 6.80. The van der Waals surface area contributed by atoms with E-state index in [0.717, 1.165) is 0 Å². The van der Waals surface area contributed by atoms with Gasteiger partial charge in [-0.3, -0.25) is 0 Å². The van der Waals surface area contributed by atoms with Crippen molar-refractivity contribution in [1.82, 2.24) is 0 Å². The topological polar surface area (TPSA) is 70.7 Å². The van der Waals surface area contributed by atoms with Gasteiger partial charge in [0.2, 0.25) is 0 Å². The highest BCUT2D eigenvalue weighted by molar-refractivity contribution is 6.03. The number of aromatic carboxylic acids is 1. The number of para-hydroxylation sites is 1. The number of benzene rings is 1. The molecule has 0 atom stereocenters. The molecule has 72 valence electrons. The van der Waals surface area contributed by atoms with Crippen molar-refractivity contribution in [2.45, 2.75) is 6.61 Å². The van der Waals surface area contributed by atoms with E-state index in [0.29, 0.717) is 11.0 Å². The smallest absolute Gasteiger partial charge is 0.340 e. The van der Waals surface area contributed by atoms with E-state index in [1.54, 1.807) is 24.3 Å². The second kappa shape index (κ2) is 3.16. The summed E-state index contributed by atoms with van der Waals surface area (Å²) in [5.41, 5.74) is 0.525. The van der Waals surface area contributed by atoms with E-state index < -0.39 is 12.6 Å². The minimum absolute atomic E-state index is 0.0445. The van der Waals surface area contributed by atoms with Crippen molar-refractivity contribution >= 4 is 16.9 Å². The van der Waals surface area contributed by atoms with Gasteiger partial charge in [-0.2, -0.15) is 0 Å². The molecule has 2 aromatic rings. The van der Waals surface area contributed by atoms with Gasteiger partial charge >= 0.3 is 5.97 Å². The highest BCUT2D eigenvalue weighted by Crippen LogP contribution is 2.25. The lowest BCUT2D eigenvalue weighted by atomic mass is 10.1. The molecule has 0 saturated carbocycles. The third-order valence-electron chi connectivity index (χ3n) is 2.03. The van der Waals surface area contributed by atoms with Crippen LogP contribution in [0.4, 0.5) is 0 Å². The summed E-state index contributed by atoms with van der Waals surface area (Å²) in [5, 5.41) is 18.3. The lowest BCUT2D eigenvalue weighted by Crippen LogP contribution is -1.99. The first kappa shape index (κ1) is 8.77.